The number of hydrogen-bond acceptors (Lipinski definition) is 7. The average molecular weight is 642 g/mol. The summed E-state index contributed by atoms with van der Waals surface area (Å²) < 4.78 is 24.1. The second-order valence-corrected chi connectivity index (χ2v) is 11.1. The molecule has 1 atom stereocenters. The maximum absolute atomic E-state index is 13.1. The van der Waals surface area contributed by atoms with Crippen LogP contribution in [0.1, 0.15) is 38.7 Å². The van der Waals surface area contributed by atoms with Crippen molar-refractivity contribution >= 4 is 44.5 Å². The molecule has 208 valence electrons. The van der Waals surface area contributed by atoms with Crippen molar-refractivity contribution in [2.24, 2.45) is 5.73 Å². The van der Waals surface area contributed by atoms with E-state index >= 15 is 0 Å². The zero-order valence-corrected chi connectivity index (χ0v) is 24.5. The number of allylic oxidation sites excluding steroid dienone is 1. The van der Waals surface area contributed by atoms with Gasteiger partial charge in [-0.05, 0) is 66.6 Å². The van der Waals surface area contributed by atoms with Gasteiger partial charge < -0.3 is 24.4 Å². The number of aryl methyl sites for hydroxylation is 1. The number of esters is 1. The minimum absolute atomic E-state index is 0.0235. The van der Waals surface area contributed by atoms with Gasteiger partial charge in [0.25, 0.3) is 0 Å². The van der Waals surface area contributed by atoms with E-state index in [1.807, 2.05) is 60.7 Å². The van der Waals surface area contributed by atoms with Crippen LogP contribution >= 0.6 is 27.5 Å². The molecule has 4 aromatic carbocycles. The second kappa shape index (κ2) is 11.3. The highest BCUT2D eigenvalue weighted by Crippen LogP contribution is 2.44. The number of ether oxygens (including phenoxy) is 3. The topological polar surface area (TPSA) is 108 Å². The van der Waals surface area contributed by atoms with Gasteiger partial charge in [0.1, 0.15) is 41.1 Å². The number of rotatable bonds is 6. The quantitative estimate of drug-likeness (QED) is 0.147. The van der Waals surface area contributed by atoms with Gasteiger partial charge in [-0.15, -0.1) is 0 Å². The van der Waals surface area contributed by atoms with E-state index in [9.17, 15) is 10.1 Å². The maximum Gasteiger partial charge on any atom is 0.379 e. The Morgan fingerprint density at radius 3 is 2.64 bits per heavy atom. The predicted octanol–water partition coefficient (Wildman–Crippen LogP) is 8.17. The van der Waals surface area contributed by atoms with E-state index in [-0.39, 0.29) is 23.0 Å². The highest BCUT2D eigenvalue weighted by atomic mass is 79.9. The maximum atomic E-state index is 13.1. The number of furan rings is 1. The Kier molecular flexibility index (Phi) is 7.38. The molecule has 0 bridgehead atoms. The van der Waals surface area contributed by atoms with Gasteiger partial charge in [0.05, 0.1) is 5.92 Å². The van der Waals surface area contributed by atoms with E-state index in [2.05, 4.69) is 22.0 Å². The molecule has 5 aromatic rings. The molecule has 6 rings (SSSR count). The van der Waals surface area contributed by atoms with Crippen LogP contribution in [-0.4, -0.2) is 5.97 Å². The Morgan fingerprint density at radius 2 is 1.86 bits per heavy atom. The van der Waals surface area contributed by atoms with Crippen LogP contribution in [0.2, 0.25) is 5.02 Å². The Morgan fingerprint density at radius 1 is 1.05 bits per heavy atom. The lowest BCUT2D eigenvalue weighted by Crippen LogP contribution is -2.21. The van der Waals surface area contributed by atoms with Crippen molar-refractivity contribution in [3.63, 3.8) is 0 Å². The number of benzene rings is 4. The molecule has 2 N–H and O–H groups in total. The van der Waals surface area contributed by atoms with Crippen molar-refractivity contribution in [3.05, 3.63) is 134 Å². The fourth-order valence-corrected chi connectivity index (χ4v) is 5.39. The third-order valence-corrected chi connectivity index (χ3v) is 7.74. The fraction of sp³-hybridized carbons (Fsp3) is 0.0909. The van der Waals surface area contributed by atoms with Crippen LogP contribution in [0.4, 0.5) is 0 Å². The molecule has 42 heavy (non-hydrogen) atoms. The van der Waals surface area contributed by atoms with Crippen LogP contribution in [0.25, 0.3) is 11.0 Å². The lowest BCUT2D eigenvalue weighted by molar-refractivity contribution is 0.0702. The minimum Gasteiger partial charge on any atom is -0.489 e. The summed E-state index contributed by atoms with van der Waals surface area (Å²) in [7, 11) is 0. The van der Waals surface area contributed by atoms with E-state index < -0.39 is 11.9 Å². The van der Waals surface area contributed by atoms with Crippen molar-refractivity contribution < 1.29 is 23.4 Å². The van der Waals surface area contributed by atoms with E-state index in [4.69, 9.17) is 36.0 Å². The first-order valence-electron chi connectivity index (χ1n) is 12.9. The summed E-state index contributed by atoms with van der Waals surface area (Å²) >= 11 is 9.40. The summed E-state index contributed by atoms with van der Waals surface area (Å²) in [4.78, 5) is 13.1. The molecule has 0 spiro atoms. The third-order valence-electron chi connectivity index (χ3n) is 7.00. The summed E-state index contributed by atoms with van der Waals surface area (Å²) in [6.45, 7) is 2.16. The SMILES string of the molecule is Cc1c(C(=O)Oc2ccc3c(c2)OC(N)=C(C#N)C3c2cccc(OCc3ccc(Cl)cc3)c2)oc2cc(Br)ccc12. The van der Waals surface area contributed by atoms with Crippen molar-refractivity contribution in [2.45, 2.75) is 19.4 Å². The Bertz CT molecular complexity index is 1920. The molecule has 0 aliphatic carbocycles. The van der Waals surface area contributed by atoms with Gasteiger partial charge in [-0.25, -0.2) is 4.79 Å². The third kappa shape index (κ3) is 5.32. The zero-order valence-electron chi connectivity index (χ0n) is 22.2. The number of nitrogens with zero attached hydrogens (tertiary/aromatic N) is 1. The number of halogens is 2. The second-order valence-electron chi connectivity index (χ2n) is 9.70. The van der Waals surface area contributed by atoms with E-state index in [0.717, 1.165) is 21.0 Å². The zero-order chi connectivity index (χ0) is 29.4. The van der Waals surface area contributed by atoms with Crippen LogP contribution < -0.4 is 19.9 Å². The normalized spacial score (nSPS) is 14.2. The summed E-state index contributed by atoms with van der Waals surface area (Å²) in [5.41, 5.74) is 10.2. The van der Waals surface area contributed by atoms with Crippen molar-refractivity contribution in [3.8, 4) is 23.3 Å². The Labute approximate surface area is 254 Å². The van der Waals surface area contributed by atoms with Crippen LogP contribution in [0.15, 0.2) is 105 Å². The van der Waals surface area contributed by atoms with Gasteiger partial charge in [0, 0.05) is 32.1 Å². The molecule has 0 fully saturated rings. The number of nitriles is 1. The molecule has 2 heterocycles. The van der Waals surface area contributed by atoms with E-state index in [0.29, 0.717) is 39.8 Å². The largest absolute Gasteiger partial charge is 0.489 e. The first-order chi connectivity index (χ1) is 20.3. The molecule has 0 radical (unpaired) electrons. The summed E-state index contributed by atoms with van der Waals surface area (Å²) in [6.07, 6.45) is 0. The summed E-state index contributed by atoms with van der Waals surface area (Å²) in [5, 5.41) is 11.5. The lowest BCUT2D eigenvalue weighted by Gasteiger charge is -2.27. The van der Waals surface area contributed by atoms with E-state index in [1.54, 1.807) is 31.2 Å². The van der Waals surface area contributed by atoms with E-state index in [1.165, 1.54) is 0 Å². The van der Waals surface area contributed by atoms with Gasteiger partial charge in [-0.1, -0.05) is 57.9 Å². The number of hydrogen-bond donors (Lipinski definition) is 1. The highest BCUT2D eigenvalue weighted by Gasteiger charge is 2.31. The van der Waals surface area contributed by atoms with Gasteiger partial charge >= 0.3 is 5.97 Å². The van der Waals surface area contributed by atoms with Gasteiger partial charge in [0.2, 0.25) is 11.6 Å². The highest BCUT2D eigenvalue weighted by molar-refractivity contribution is 9.10. The van der Waals surface area contributed by atoms with Crippen LogP contribution in [0.3, 0.4) is 0 Å². The van der Waals surface area contributed by atoms with Gasteiger partial charge in [-0.3, -0.25) is 0 Å². The first-order valence-corrected chi connectivity index (χ1v) is 14.1. The molecule has 1 aliphatic rings. The van der Waals surface area contributed by atoms with Gasteiger partial charge in [0.15, 0.2) is 0 Å². The number of nitrogens with two attached hydrogens (primary N) is 1. The molecular formula is C33H22BrClN2O5. The predicted molar refractivity (Wildman–Crippen MR) is 162 cm³/mol. The minimum atomic E-state index is -0.640. The average Bonchev–Trinajstić information content (AvgIpc) is 3.31. The molecule has 0 saturated carbocycles. The van der Waals surface area contributed by atoms with Crippen molar-refractivity contribution in [1.82, 2.24) is 0 Å². The molecule has 7 nitrogen and oxygen atoms in total. The molecule has 1 aliphatic heterocycles. The smallest absolute Gasteiger partial charge is 0.379 e. The first kappa shape index (κ1) is 27.5. The molecule has 0 amide bonds. The Balaban J connectivity index is 1.27. The monoisotopic (exact) mass is 640 g/mol. The van der Waals surface area contributed by atoms with Crippen molar-refractivity contribution in [2.75, 3.05) is 0 Å². The molecule has 1 aromatic heterocycles. The van der Waals surface area contributed by atoms with Crippen LogP contribution in [0, 0.1) is 18.3 Å². The number of carbonyl (C=O) groups is 1. The molecular weight excluding hydrogens is 620 g/mol. The van der Waals surface area contributed by atoms with Crippen LogP contribution in [0.5, 0.6) is 17.2 Å². The van der Waals surface area contributed by atoms with Crippen molar-refractivity contribution in [1.29, 1.82) is 5.26 Å². The fourth-order valence-electron chi connectivity index (χ4n) is 4.92. The summed E-state index contributed by atoms with van der Waals surface area (Å²) in [5.74, 6) is 0.180. The number of fused-ring (bicyclic) bond motifs is 2. The Hall–Kier alpha value is -4.71. The van der Waals surface area contributed by atoms with Gasteiger partial charge in [-0.2, -0.15) is 5.26 Å². The molecule has 0 saturated heterocycles. The lowest BCUT2D eigenvalue weighted by atomic mass is 9.83. The molecule has 9 heteroatoms. The molecule has 1 unspecified atom stereocenters. The summed E-state index contributed by atoms with van der Waals surface area (Å²) in [6, 6.07) is 27.6. The number of carbonyl (C=O) groups excluding carboxylic acids is 1. The standard InChI is InChI=1S/C33H22BrClN2O5/c1-18-25-11-7-21(34)14-28(25)41-31(18)33(38)40-24-10-12-26-29(15-24)42-32(37)27(16-36)30(26)20-3-2-4-23(13-20)39-17-19-5-8-22(35)9-6-19/h2-15,30H,17,37H2,1H3. The van der Waals surface area contributed by atoms with Crippen LogP contribution in [-0.2, 0) is 6.61 Å².